The first-order valence-electron chi connectivity index (χ1n) is 33.5. The van der Waals surface area contributed by atoms with E-state index >= 15 is 0 Å². The lowest BCUT2D eigenvalue weighted by molar-refractivity contribution is -0.167. The normalized spacial score (nSPS) is 12.9. The molecule has 0 aliphatic carbocycles. The molecular weight excluding hydrogens is 985 g/mol. The van der Waals surface area contributed by atoms with E-state index in [-0.39, 0.29) is 31.1 Å². The Morgan fingerprint density at radius 3 is 0.775 bits per heavy atom. The SMILES string of the molecule is CC/C=C\C/C=C\C/C=C\C/C=C\C/C=C\C/C=C\C/C=C\CCCCCCCC(=O)OCC(COC(=O)CCCCCCC/C=C\CCCCCCC)OC(=O)CCCCCCCCCCC/C=C\C/C=C\CCCCCCC. The van der Waals surface area contributed by atoms with Crippen molar-refractivity contribution >= 4 is 17.9 Å². The quantitative estimate of drug-likeness (QED) is 0.0261. The van der Waals surface area contributed by atoms with E-state index < -0.39 is 6.10 Å². The lowest BCUT2D eigenvalue weighted by Gasteiger charge is -2.18. The van der Waals surface area contributed by atoms with Gasteiger partial charge in [0.25, 0.3) is 0 Å². The lowest BCUT2D eigenvalue weighted by Crippen LogP contribution is -2.30. The third kappa shape index (κ3) is 64.6. The highest BCUT2D eigenvalue weighted by molar-refractivity contribution is 5.71. The van der Waals surface area contributed by atoms with E-state index in [2.05, 4.69) is 142 Å². The zero-order valence-corrected chi connectivity index (χ0v) is 52.3. The molecule has 0 aromatic carbocycles. The molecule has 0 heterocycles. The Hall–Kier alpha value is -4.19. The molecule has 0 aliphatic rings. The van der Waals surface area contributed by atoms with Crippen LogP contribution in [0.15, 0.2) is 122 Å². The zero-order chi connectivity index (χ0) is 57.8. The van der Waals surface area contributed by atoms with E-state index in [4.69, 9.17) is 14.2 Å². The van der Waals surface area contributed by atoms with Gasteiger partial charge in [0.2, 0.25) is 0 Å². The van der Waals surface area contributed by atoms with Gasteiger partial charge >= 0.3 is 17.9 Å². The molecule has 0 bridgehead atoms. The highest BCUT2D eigenvalue weighted by Gasteiger charge is 2.19. The minimum Gasteiger partial charge on any atom is -0.462 e. The molecular formula is C74H124O6. The average Bonchev–Trinajstić information content (AvgIpc) is 3.46. The zero-order valence-electron chi connectivity index (χ0n) is 52.3. The summed E-state index contributed by atoms with van der Waals surface area (Å²) in [7, 11) is 0. The molecule has 1 unspecified atom stereocenters. The van der Waals surface area contributed by atoms with Crippen LogP contribution in [0.2, 0.25) is 0 Å². The van der Waals surface area contributed by atoms with E-state index in [1.807, 2.05) is 0 Å². The summed E-state index contributed by atoms with van der Waals surface area (Å²) in [4.78, 5) is 38.4. The van der Waals surface area contributed by atoms with Crippen molar-refractivity contribution in [2.75, 3.05) is 13.2 Å². The number of carbonyl (C=O) groups is 3. The fourth-order valence-electron chi connectivity index (χ4n) is 9.15. The molecule has 0 rings (SSSR count). The summed E-state index contributed by atoms with van der Waals surface area (Å²) in [6.07, 6.45) is 93.4. The number of rotatable bonds is 60. The van der Waals surface area contributed by atoms with Crippen molar-refractivity contribution in [3.63, 3.8) is 0 Å². The molecule has 0 fully saturated rings. The predicted octanol–water partition coefficient (Wildman–Crippen LogP) is 23.2. The Labute approximate surface area is 494 Å². The largest absolute Gasteiger partial charge is 0.462 e. The van der Waals surface area contributed by atoms with Crippen LogP contribution < -0.4 is 0 Å². The fraction of sp³-hybridized carbons (Fsp3) is 0.689. The van der Waals surface area contributed by atoms with Gasteiger partial charge < -0.3 is 14.2 Å². The Morgan fingerprint density at radius 2 is 0.487 bits per heavy atom. The molecule has 6 nitrogen and oxygen atoms in total. The smallest absolute Gasteiger partial charge is 0.306 e. The Balaban J connectivity index is 4.41. The maximum atomic E-state index is 12.9. The number of ether oxygens (including phenoxy) is 3. The van der Waals surface area contributed by atoms with Crippen molar-refractivity contribution in [3.8, 4) is 0 Å². The number of allylic oxidation sites excluding steroid dienone is 20. The second kappa shape index (κ2) is 67.3. The molecule has 0 spiro atoms. The highest BCUT2D eigenvalue weighted by Crippen LogP contribution is 2.15. The average molecular weight is 1110 g/mol. The van der Waals surface area contributed by atoms with Crippen LogP contribution >= 0.6 is 0 Å². The van der Waals surface area contributed by atoms with Gasteiger partial charge in [0, 0.05) is 19.3 Å². The fourth-order valence-corrected chi connectivity index (χ4v) is 9.15. The van der Waals surface area contributed by atoms with Crippen molar-refractivity contribution in [1.29, 1.82) is 0 Å². The van der Waals surface area contributed by atoms with Gasteiger partial charge in [0.05, 0.1) is 0 Å². The predicted molar refractivity (Wildman–Crippen MR) is 348 cm³/mol. The second-order valence-corrected chi connectivity index (χ2v) is 22.0. The summed E-state index contributed by atoms with van der Waals surface area (Å²) in [5, 5.41) is 0. The van der Waals surface area contributed by atoms with Crippen LogP contribution in [0.25, 0.3) is 0 Å². The first-order chi connectivity index (χ1) is 39.5. The van der Waals surface area contributed by atoms with Crippen molar-refractivity contribution in [2.24, 2.45) is 0 Å². The van der Waals surface area contributed by atoms with E-state index in [0.29, 0.717) is 19.3 Å². The summed E-state index contributed by atoms with van der Waals surface area (Å²) in [6.45, 7) is 6.50. The summed E-state index contributed by atoms with van der Waals surface area (Å²) in [6, 6.07) is 0. The Kier molecular flexibility index (Phi) is 63.8. The number of unbranched alkanes of at least 4 members (excludes halogenated alkanes) is 29. The van der Waals surface area contributed by atoms with Crippen LogP contribution in [0.1, 0.15) is 310 Å². The van der Waals surface area contributed by atoms with Crippen molar-refractivity contribution < 1.29 is 28.6 Å². The van der Waals surface area contributed by atoms with Gasteiger partial charge in [-0.3, -0.25) is 14.4 Å². The molecule has 0 aliphatic heterocycles. The van der Waals surface area contributed by atoms with Crippen LogP contribution in [-0.4, -0.2) is 37.2 Å². The van der Waals surface area contributed by atoms with Gasteiger partial charge in [-0.15, -0.1) is 0 Å². The molecule has 0 saturated heterocycles. The summed E-state index contributed by atoms with van der Waals surface area (Å²) < 4.78 is 16.9. The topological polar surface area (TPSA) is 78.9 Å². The molecule has 0 radical (unpaired) electrons. The first-order valence-corrected chi connectivity index (χ1v) is 33.5. The van der Waals surface area contributed by atoms with Crippen molar-refractivity contribution in [2.45, 2.75) is 316 Å². The molecule has 0 saturated carbocycles. The minimum absolute atomic E-state index is 0.0917. The van der Waals surface area contributed by atoms with E-state index in [9.17, 15) is 14.4 Å². The van der Waals surface area contributed by atoms with Crippen LogP contribution in [0.4, 0.5) is 0 Å². The van der Waals surface area contributed by atoms with Gasteiger partial charge in [0.15, 0.2) is 6.10 Å². The van der Waals surface area contributed by atoms with Gasteiger partial charge in [-0.05, 0) is 135 Å². The number of esters is 3. The van der Waals surface area contributed by atoms with Crippen molar-refractivity contribution in [1.82, 2.24) is 0 Å². The van der Waals surface area contributed by atoms with E-state index in [0.717, 1.165) is 135 Å². The molecule has 1 atom stereocenters. The van der Waals surface area contributed by atoms with Gasteiger partial charge in [0.1, 0.15) is 13.2 Å². The highest BCUT2D eigenvalue weighted by atomic mass is 16.6. The molecule has 456 valence electrons. The Bertz CT molecular complexity index is 1650. The number of carbonyl (C=O) groups excluding carboxylic acids is 3. The molecule has 6 heteroatoms. The Morgan fingerprint density at radius 1 is 0.263 bits per heavy atom. The summed E-state index contributed by atoms with van der Waals surface area (Å²) >= 11 is 0. The van der Waals surface area contributed by atoms with Gasteiger partial charge in [-0.1, -0.05) is 277 Å². The van der Waals surface area contributed by atoms with E-state index in [1.54, 1.807) is 0 Å². The summed E-state index contributed by atoms with van der Waals surface area (Å²) in [5.74, 6) is -0.916. The lowest BCUT2D eigenvalue weighted by atomic mass is 10.1. The third-order valence-corrected chi connectivity index (χ3v) is 14.2. The summed E-state index contributed by atoms with van der Waals surface area (Å²) in [5.41, 5.74) is 0. The monoisotopic (exact) mass is 1110 g/mol. The number of hydrogen-bond donors (Lipinski definition) is 0. The van der Waals surface area contributed by atoms with Gasteiger partial charge in [-0.2, -0.15) is 0 Å². The first kappa shape index (κ1) is 75.8. The standard InChI is InChI=1S/C74H124O6/c1-4-7-10-13-16-19-22-25-28-30-32-34-35-36-37-38-39-41-42-44-46-49-52-55-58-61-64-67-73(76)79-70-71(69-78-72(75)66-63-60-57-54-51-48-27-24-21-18-15-12-9-6-3)80-74(77)68-65-62-59-56-53-50-47-45-43-40-33-31-29-26-23-20-17-14-11-8-5-2/h7,10,16,19,23-28,31-34,36-37,39,41,44,46,71H,4-6,8-9,11-15,17-18,20-22,29-30,35,38,40,42-43,45,47-70H2,1-3H3/b10-7-,19-16-,26-23-,27-24-,28-25-,33-31-,34-32-,37-36-,41-39-,46-44-. The third-order valence-electron chi connectivity index (χ3n) is 14.2. The maximum absolute atomic E-state index is 12.9. The molecule has 0 aromatic rings. The van der Waals surface area contributed by atoms with Crippen LogP contribution in [-0.2, 0) is 28.6 Å². The molecule has 0 N–H and O–H groups in total. The molecule has 0 amide bonds. The maximum Gasteiger partial charge on any atom is 0.306 e. The number of hydrogen-bond acceptors (Lipinski definition) is 6. The van der Waals surface area contributed by atoms with E-state index in [1.165, 1.54) is 135 Å². The minimum atomic E-state index is -0.797. The van der Waals surface area contributed by atoms with Crippen LogP contribution in [0.5, 0.6) is 0 Å². The molecule has 0 aromatic heterocycles. The second-order valence-electron chi connectivity index (χ2n) is 22.0. The molecule has 80 heavy (non-hydrogen) atoms. The van der Waals surface area contributed by atoms with Crippen LogP contribution in [0, 0.1) is 0 Å². The van der Waals surface area contributed by atoms with Crippen molar-refractivity contribution in [3.05, 3.63) is 122 Å². The van der Waals surface area contributed by atoms with Gasteiger partial charge in [-0.25, -0.2) is 0 Å². The van der Waals surface area contributed by atoms with Crippen LogP contribution in [0.3, 0.4) is 0 Å².